The Morgan fingerprint density at radius 1 is 1.47 bits per heavy atom. The molecule has 0 radical (unpaired) electrons. The van der Waals surface area contributed by atoms with E-state index in [2.05, 4.69) is 23.0 Å². The van der Waals surface area contributed by atoms with Crippen LogP contribution in [0.4, 0.5) is 0 Å². The molecule has 2 aromatic rings. The molecule has 3 nitrogen and oxygen atoms in total. The number of nitrogens with zero attached hydrogens (tertiary/aromatic N) is 2. The van der Waals surface area contributed by atoms with Crippen molar-refractivity contribution in [2.75, 3.05) is 0 Å². The van der Waals surface area contributed by atoms with Crippen LogP contribution in [0.5, 0.6) is 0 Å². The van der Waals surface area contributed by atoms with Crippen molar-refractivity contribution in [3.05, 3.63) is 35.0 Å². The maximum Gasteiger partial charge on any atom is 0.156 e. The van der Waals surface area contributed by atoms with Crippen LogP contribution in [0.2, 0.25) is 0 Å². The fourth-order valence-corrected chi connectivity index (χ4v) is 3.11. The van der Waals surface area contributed by atoms with Crippen molar-refractivity contribution in [3.63, 3.8) is 0 Å². The third-order valence-corrected chi connectivity index (χ3v) is 4.24. The number of rotatable bonds is 4. The van der Waals surface area contributed by atoms with E-state index in [1.165, 1.54) is 11.1 Å². The minimum atomic E-state index is 0.175. The van der Waals surface area contributed by atoms with E-state index in [9.17, 15) is 0 Å². The highest BCUT2D eigenvalue weighted by Gasteiger charge is 2.06. The van der Waals surface area contributed by atoms with Gasteiger partial charge in [-0.2, -0.15) is 0 Å². The minimum absolute atomic E-state index is 0.175. The molecule has 0 aliphatic carbocycles. The Bertz CT molecular complexity index is 481. The number of hydrogen-bond acceptors (Lipinski definition) is 5. The van der Waals surface area contributed by atoms with Gasteiger partial charge in [0.1, 0.15) is 5.03 Å². The zero-order chi connectivity index (χ0) is 12.3. The van der Waals surface area contributed by atoms with Crippen molar-refractivity contribution in [2.45, 2.75) is 35.7 Å². The van der Waals surface area contributed by atoms with Crippen LogP contribution in [0.25, 0.3) is 0 Å². The summed E-state index contributed by atoms with van der Waals surface area (Å²) in [4.78, 5) is 8.73. The predicted octanol–water partition coefficient (Wildman–Crippen LogP) is 2.89. The van der Waals surface area contributed by atoms with E-state index in [-0.39, 0.29) is 6.04 Å². The highest BCUT2D eigenvalue weighted by atomic mass is 32.2. The van der Waals surface area contributed by atoms with Gasteiger partial charge >= 0.3 is 0 Å². The van der Waals surface area contributed by atoms with Crippen molar-refractivity contribution in [1.29, 1.82) is 0 Å². The van der Waals surface area contributed by atoms with Gasteiger partial charge in [-0.3, -0.25) is 0 Å². The molecule has 0 spiro atoms. The summed E-state index contributed by atoms with van der Waals surface area (Å²) < 4.78 is 1.03. The summed E-state index contributed by atoms with van der Waals surface area (Å²) in [6.07, 6.45) is 4.59. The third-order valence-electron chi connectivity index (χ3n) is 2.24. The lowest BCUT2D eigenvalue weighted by molar-refractivity contribution is 0.733. The van der Waals surface area contributed by atoms with Gasteiger partial charge in [0.2, 0.25) is 0 Å². The van der Waals surface area contributed by atoms with Gasteiger partial charge in [-0.15, -0.1) is 11.3 Å². The van der Waals surface area contributed by atoms with Gasteiger partial charge in [0.25, 0.3) is 0 Å². The van der Waals surface area contributed by atoms with Gasteiger partial charge in [0.05, 0.1) is 0 Å². The van der Waals surface area contributed by atoms with Crippen LogP contribution in [0.15, 0.2) is 33.2 Å². The zero-order valence-corrected chi connectivity index (χ0v) is 11.5. The molecule has 2 N–H and O–H groups in total. The smallest absolute Gasteiger partial charge is 0.156 e. The molecule has 0 saturated carbocycles. The molecule has 5 heteroatoms. The van der Waals surface area contributed by atoms with Gasteiger partial charge in [0, 0.05) is 23.8 Å². The van der Waals surface area contributed by atoms with Crippen molar-refractivity contribution in [2.24, 2.45) is 5.73 Å². The summed E-state index contributed by atoms with van der Waals surface area (Å²) >= 11 is 3.25. The Balaban J connectivity index is 2.14. The van der Waals surface area contributed by atoms with E-state index in [4.69, 9.17) is 5.73 Å². The summed E-state index contributed by atoms with van der Waals surface area (Å²) in [7, 11) is 0. The van der Waals surface area contributed by atoms with Crippen LogP contribution in [0.3, 0.4) is 0 Å². The Morgan fingerprint density at radius 3 is 2.88 bits per heavy atom. The summed E-state index contributed by atoms with van der Waals surface area (Å²) in [6, 6.07) is 2.33. The van der Waals surface area contributed by atoms with Crippen molar-refractivity contribution in [3.8, 4) is 0 Å². The molecule has 0 fully saturated rings. The molecule has 90 valence electrons. The van der Waals surface area contributed by atoms with Gasteiger partial charge < -0.3 is 5.73 Å². The fourth-order valence-electron chi connectivity index (χ4n) is 1.55. The highest BCUT2D eigenvalue weighted by Crippen LogP contribution is 2.30. The summed E-state index contributed by atoms with van der Waals surface area (Å²) in [5.41, 5.74) is 8.16. The molecule has 2 aromatic heterocycles. The molecule has 2 rings (SSSR count). The van der Waals surface area contributed by atoms with Crippen LogP contribution in [-0.2, 0) is 6.42 Å². The fraction of sp³-hybridized carbons (Fsp3) is 0.333. The Labute approximate surface area is 109 Å². The summed E-state index contributed by atoms with van der Waals surface area (Å²) in [6.45, 7) is 4.08. The molecule has 0 aromatic carbocycles. The van der Waals surface area contributed by atoms with E-state index in [1.807, 2.05) is 24.7 Å². The van der Waals surface area contributed by atoms with E-state index in [1.54, 1.807) is 23.1 Å². The number of pyridine rings is 1. The monoisotopic (exact) mass is 265 g/mol. The first kappa shape index (κ1) is 12.5. The van der Waals surface area contributed by atoms with Crippen molar-refractivity contribution >= 4 is 23.1 Å². The maximum absolute atomic E-state index is 5.78. The highest BCUT2D eigenvalue weighted by molar-refractivity contribution is 8.01. The number of aromatic nitrogens is 2. The maximum atomic E-state index is 5.78. The van der Waals surface area contributed by atoms with Gasteiger partial charge in [-0.1, -0.05) is 6.07 Å². The Hall–Kier alpha value is -0.910. The van der Waals surface area contributed by atoms with E-state index >= 15 is 0 Å². The molecule has 0 aliphatic heterocycles. The Morgan fingerprint density at radius 2 is 2.29 bits per heavy atom. The molecule has 17 heavy (non-hydrogen) atoms. The van der Waals surface area contributed by atoms with Gasteiger partial charge in [0.15, 0.2) is 4.34 Å². The Kier molecular flexibility index (Phi) is 4.15. The topological polar surface area (TPSA) is 51.8 Å². The standard InChI is InChI=1S/C12H15N3S2/c1-8-5-10(6-9(2)13)7-15-11(8)17-12-14-3-4-16-12/h3-5,7,9H,6,13H2,1-2H3. The molecule has 0 saturated heterocycles. The molecule has 0 bridgehead atoms. The zero-order valence-electron chi connectivity index (χ0n) is 9.88. The minimum Gasteiger partial charge on any atom is -0.328 e. The largest absolute Gasteiger partial charge is 0.328 e. The van der Waals surface area contributed by atoms with Crippen LogP contribution in [0, 0.1) is 6.92 Å². The number of nitrogens with two attached hydrogens (primary N) is 1. The average Bonchev–Trinajstić information content (AvgIpc) is 2.74. The second-order valence-electron chi connectivity index (χ2n) is 4.05. The summed E-state index contributed by atoms with van der Waals surface area (Å²) in [5, 5.41) is 3.00. The lowest BCUT2D eigenvalue weighted by Gasteiger charge is -2.08. The predicted molar refractivity (Wildman–Crippen MR) is 72.6 cm³/mol. The van der Waals surface area contributed by atoms with E-state index < -0.39 is 0 Å². The van der Waals surface area contributed by atoms with Crippen LogP contribution in [0.1, 0.15) is 18.1 Å². The lowest BCUT2D eigenvalue weighted by Crippen LogP contribution is -2.17. The molecular weight excluding hydrogens is 250 g/mol. The van der Waals surface area contributed by atoms with E-state index in [0.29, 0.717) is 0 Å². The van der Waals surface area contributed by atoms with Gasteiger partial charge in [-0.05, 0) is 43.2 Å². The van der Waals surface area contributed by atoms with Crippen LogP contribution >= 0.6 is 23.1 Å². The van der Waals surface area contributed by atoms with Crippen molar-refractivity contribution < 1.29 is 0 Å². The normalized spacial score (nSPS) is 12.6. The number of hydrogen-bond donors (Lipinski definition) is 1. The first-order chi connectivity index (χ1) is 8.15. The second kappa shape index (κ2) is 5.62. The second-order valence-corrected chi connectivity index (χ2v) is 6.18. The average molecular weight is 265 g/mol. The molecule has 0 aliphatic rings. The molecule has 1 unspecified atom stereocenters. The number of thiazole rings is 1. The summed E-state index contributed by atoms with van der Waals surface area (Å²) in [5.74, 6) is 0. The van der Waals surface area contributed by atoms with Gasteiger partial charge in [-0.25, -0.2) is 9.97 Å². The van der Waals surface area contributed by atoms with Crippen molar-refractivity contribution in [1.82, 2.24) is 9.97 Å². The molecule has 1 atom stereocenters. The quantitative estimate of drug-likeness (QED) is 0.923. The third kappa shape index (κ3) is 3.52. The first-order valence-electron chi connectivity index (χ1n) is 5.43. The van der Waals surface area contributed by atoms with E-state index in [0.717, 1.165) is 15.8 Å². The number of aryl methyl sites for hydroxylation is 1. The van der Waals surface area contributed by atoms with Crippen LogP contribution in [-0.4, -0.2) is 16.0 Å². The first-order valence-corrected chi connectivity index (χ1v) is 7.13. The lowest BCUT2D eigenvalue weighted by atomic mass is 10.1. The molecule has 0 amide bonds. The van der Waals surface area contributed by atoms with Crippen LogP contribution < -0.4 is 5.73 Å². The molecular formula is C12H15N3S2. The SMILES string of the molecule is Cc1cc(CC(C)N)cnc1Sc1nccs1. The molecule has 2 heterocycles.